The van der Waals surface area contributed by atoms with Crippen molar-refractivity contribution in [2.75, 3.05) is 14.2 Å². The van der Waals surface area contributed by atoms with Crippen LogP contribution in [0, 0.1) is 33.5 Å². The number of ether oxygens (including phenoxy) is 2. The van der Waals surface area contributed by atoms with Gasteiger partial charge in [0.2, 0.25) is 0 Å². The fourth-order valence-electron chi connectivity index (χ4n) is 5.16. The maximum absolute atomic E-state index is 13.9. The third-order valence-corrected chi connectivity index (χ3v) is 6.72. The van der Waals surface area contributed by atoms with E-state index in [4.69, 9.17) is 9.47 Å². The minimum atomic E-state index is -1.49. The minimum Gasteiger partial charge on any atom is -0.493 e. The molecule has 3 unspecified atom stereocenters. The predicted octanol–water partition coefficient (Wildman–Crippen LogP) is 4.85. The molecule has 1 fully saturated rings. The second-order valence-electron chi connectivity index (χ2n) is 9.54. The van der Waals surface area contributed by atoms with Crippen molar-refractivity contribution in [3.63, 3.8) is 0 Å². The van der Waals surface area contributed by atoms with Gasteiger partial charge in [0.15, 0.2) is 22.7 Å². The largest absolute Gasteiger partial charge is 0.493 e. The molecule has 2 aromatic rings. The summed E-state index contributed by atoms with van der Waals surface area (Å²) in [6.07, 6.45) is 3.82. The Balaban J connectivity index is 2.02. The standard InChI is InChI=1S/C27H27N3O3/c1-26(2,3)25(31)23-22(18-10-11-20(32-4)21(14-18)33-5)27(15-28,16-29)24-19-9-7-6-8-17(19)12-13-30(23)24/h6-14,22-24H,1-5H3. The molecule has 0 N–H and O–H groups in total. The Morgan fingerprint density at radius 3 is 2.30 bits per heavy atom. The second-order valence-corrected chi connectivity index (χ2v) is 9.54. The molecule has 6 nitrogen and oxygen atoms in total. The number of benzene rings is 2. The molecule has 4 rings (SSSR count). The smallest absolute Gasteiger partial charge is 0.177 e. The van der Waals surface area contributed by atoms with E-state index in [9.17, 15) is 15.3 Å². The Kier molecular flexibility index (Phi) is 5.42. The molecule has 0 aliphatic carbocycles. The van der Waals surface area contributed by atoms with Gasteiger partial charge in [0.05, 0.1) is 38.4 Å². The molecular weight excluding hydrogens is 414 g/mol. The number of nitriles is 2. The monoisotopic (exact) mass is 441 g/mol. The summed E-state index contributed by atoms with van der Waals surface area (Å²) in [4.78, 5) is 15.8. The molecule has 2 aliphatic heterocycles. The van der Waals surface area contributed by atoms with Gasteiger partial charge in [-0.05, 0) is 34.9 Å². The third kappa shape index (κ3) is 3.26. The lowest BCUT2D eigenvalue weighted by atomic mass is 9.66. The van der Waals surface area contributed by atoms with Gasteiger partial charge >= 0.3 is 0 Å². The molecule has 1 saturated heterocycles. The lowest BCUT2D eigenvalue weighted by Crippen LogP contribution is -2.43. The van der Waals surface area contributed by atoms with Gasteiger partial charge in [0.1, 0.15) is 0 Å². The summed E-state index contributed by atoms with van der Waals surface area (Å²) < 4.78 is 10.9. The Hall–Kier alpha value is -3.77. The average Bonchev–Trinajstić information content (AvgIpc) is 3.13. The Labute approximate surface area is 194 Å². The number of fused-ring (bicyclic) bond motifs is 3. The van der Waals surface area contributed by atoms with Gasteiger partial charge in [-0.3, -0.25) is 4.79 Å². The van der Waals surface area contributed by atoms with Gasteiger partial charge in [0.25, 0.3) is 0 Å². The van der Waals surface area contributed by atoms with Crippen LogP contribution in [0.5, 0.6) is 11.5 Å². The number of nitrogens with zero attached hydrogens (tertiary/aromatic N) is 3. The van der Waals surface area contributed by atoms with E-state index in [0.29, 0.717) is 17.1 Å². The van der Waals surface area contributed by atoms with Crippen LogP contribution in [0.3, 0.4) is 0 Å². The van der Waals surface area contributed by atoms with Gasteiger partial charge in [-0.2, -0.15) is 10.5 Å². The Morgan fingerprint density at radius 2 is 1.70 bits per heavy atom. The summed E-state index contributed by atoms with van der Waals surface area (Å²) in [7, 11) is 3.09. The number of rotatable bonds is 4. The van der Waals surface area contributed by atoms with Crippen molar-refractivity contribution in [2.45, 2.75) is 38.8 Å². The first-order valence-corrected chi connectivity index (χ1v) is 10.9. The first-order chi connectivity index (χ1) is 15.7. The molecule has 33 heavy (non-hydrogen) atoms. The number of hydrogen-bond donors (Lipinski definition) is 0. The number of methoxy groups -OCH3 is 2. The topological polar surface area (TPSA) is 86.4 Å². The second kappa shape index (κ2) is 7.98. The van der Waals surface area contributed by atoms with E-state index in [1.165, 1.54) is 7.11 Å². The van der Waals surface area contributed by atoms with Gasteiger partial charge in [-0.25, -0.2) is 0 Å². The molecule has 2 aromatic carbocycles. The molecule has 0 spiro atoms. The summed E-state index contributed by atoms with van der Waals surface area (Å²) >= 11 is 0. The summed E-state index contributed by atoms with van der Waals surface area (Å²) in [6.45, 7) is 5.61. The summed E-state index contributed by atoms with van der Waals surface area (Å²) in [5.41, 5.74) is 0.349. The molecule has 2 aliphatic rings. The zero-order valence-corrected chi connectivity index (χ0v) is 19.5. The van der Waals surface area contributed by atoms with Gasteiger partial charge in [0, 0.05) is 17.5 Å². The highest BCUT2D eigenvalue weighted by molar-refractivity contribution is 5.91. The molecule has 0 aromatic heterocycles. The molecule has 0 amide bonds. The molecule has 2 heterocycles. The van der Waals surface area contributed by atoms with E-state index < -0.39 is 28.8 Å². The minimum absolute atomic E-state index is 0.0244. The van der Waals surface area contributed by atoms with Crippen LogP contribution in [-0.4, -0.2) is 30.9 Å². The van der Waals surface area contributed by atoms with Crippen LogP contribution in [0.25, 0.3) is 6.08 Å². The van der Waals surface area contributed by atoms with E-state index in [-0.39, 0.29) is 5.78 Å². The molecular formula is C27H27N3O3. The highest BCUT2D eigenvalue weighted by atomic mass is 16.5. The van der Waals surface area contributed by atoms with Crippen molar-refractivity contribution in [1.29, 1.82) is 10.5 Å². The maximum atomic E-state index is 13.9. The van der Waals surface area contributed by atoms with E-state index in [1.54, 1.807) is 19.2 Å². The van der Waals surface area contributed by atoms with E-state index in [2.05, 4.69) is 12.1 Å². The van der Waals surface area contributed by atoms with Crippen LogP contribution in [0.1, 0.15) is 49.4 Å². The van der Waals surface area contributed by atoms with Crippen LogP contribution < -0.4 is 9.47 Å². The lowest BCUT2D eigenvalue weighted by molar-refractivity contribution is -0.130. The van der Waals surface area contributed by atoms with Crippen molar-refractivity contribution >= 4 is 11.9 Å². The maximum Gasteiger partial charge on any atom is 0.177 e. The van der Waals surface area contributed by atoms with Gasteiger partial charge < -0.3 is 14.4 Å². The van der Waals surface area contributed by atoms with Crippen LogP contribution in [0.2, 0.25) is 0 Å². The summed E-state index contributed by atoms with van der Waals surface area (Å²) in [5.74, 6) is 0.312. The number of carbonyl (C=O) groups is 1. The van der Waals surface area contributed by atoms with Crippen LogP contribution in [0.4, 0.5) is 0 Å². The van der Waals surface area contributed by atoms with Crippen molar-refractivity contribution in [1.82, 2.24) is 4.90 Å². The number of Topliss-reactive ketones (excluding diaryl/α,β-unsaturated/α-hetero) is 1. The first kappa shape index (κ1) is 22.4. The zero-order valence-electron chi connectivity index (χ0n) is 19.5. The van der Waals surface area contributed by atoms with E-state index in [0.717, 1.165) is 11.1 Å². The van der Waals surface area contributed by atoms with E-state index >= 15 is 0 Å². The molecule has 0 bridgehead atoms. The van der Waals surface area contributed by atoms with Crippen LogP contribution >= 0.6 is 0 Å². The van der Waals surface area contributed by atoms with Gasteiger partial charge in [-0.15, -0.1) is 0 Å². The summed E-state index contributed by atoms with van der Waals surface area (Å²) in [6, 6.07) is 16.5. The van der Waals surface area contributed by atoms with E-state index in [1.807, 2.05) is 68.3 Å². The fraction of sp³-hybridized carbons (Fsp3) is 0.370. The number of hydrogen-bond acceptors (Lipinski definition) is 6. The molecule has 168 valence electrons. The van der Waals surface area contributed by atoms with Crippen molar-refractivity contribution < 1.29 is 14.3 Å². The average molecular weight is 442 g/mol. The van der Waals surface area contributed by atoms with Crippen molar-refractivity contribution in [3.05, 3.63) is 65.4 Å². The number of ketones is 1. The molecule has 0 radical (unpaired) electrons. The van der Waals surface area contributed by atoms with Crippen molar-refractivity contribution in [3.8, 4) is 23.6 Å². The quantitative estimate of drug-likeness (QED) is 0.674. The highest BCUT2D eigenvalue weighted by Crippen LogP contribution is 2.60. The fourth-order valence-corrected chi connectivity index (χ4v) is 5.16. The van der Waals surface area contributed by atoms with Crippen molar-refractivity contribution in [2.24, 2.45) is 10.8 Å². The van der Waals surface area contributed by atoms with Crippen LogP contribution in [0.15, 0.2) is 48.7 Å². The molecule has 0 saturated carbocycles. The van der Waals surface area contributed by atoms with Crippen LogP contribution in [-0.2, 0) is 4.79 Å². The van der Waals surface area contributed by atoms with Gasteiger partial charge in [-0.1, -0.05) is 51.1 Å². The molecule has 3 atom stereocenters. The third-order valence-electron chi connectivity index (χ3n) is 6.72. The predicted molar refractivity (Wildman–Crippen MR) is 124 cm³/mol. The first-order valence-electron chi connectivity index (χ1n) is 10.9. The Bertz CT molecular complexity index is 1200. The highest BCUT2D eigenvalue weighted by Gasteiger charge is 2.64. The SMILES string of the molecule is COc1ccc(C2C(C(=O)C(C)(C)C)N3C=Cc4ccccc4C3C2(C#N)C#N)cc1OC. The molecule has 6 heteroatoms. The normalized spacial score (nSPS) is 22.5. The summed E-state index contributed by atoms with van der Waals surface area (Å²) in [5, 5.41) is 21.1. The zero-order chi connectivity index (χ0) is 24.0. The number of carbonyl (C=O) groups excluding carboxylic acids is 1. The Morgan fingerprint density at radius 1 is 1.03 bits per heavy atom. The lowest BCUT2D eigenvalue weighted by Gasteiger charge is -2.36.